The van der Waals surface area contributed by atoms with E-state index in [1.807, 2.05) is 25.1 Å². The number of fused-ring (bicyclic) bond motifs is 1. The number of pyridine rings is 1. The number of thiophene rings is 1. The van der Waals surface area contributed by atoms with Gasteiger partial charge in [0.25, 0.3) is 5.56 Å². The Hall–Kier alpha value is -2.76. The van der Waals surface area contributed by atoms with E-state index in [2.05, 4.69) is 54.0 Å². The van der Waals surface area contributed by atoms with Gasteiger partial charge in [-0.1, -0.05) is 49.7 Å². The molecule has 154 valence electrons. The Morgan fingerprint density at radius 2 is 1.93 bits per heavy atom. The summed E-state index contributed by atoms with van der Waals surface area (Å²) in [5.41, 5.74) is 4.90. The number of hydrogen-bond acceptors (Lipinski definition) is 4. The van der Waals surface area contributed by atoms with Gasteiger partial charge in [-0.25, -0.2) is 4.98 Å². The molecule has 0 saturated heterocycles. The molecule has 1 aromatic carbocycles. The van der Waals surface area contributed by atoms with Gasteiger partial charge in [0.1, 0.15) is 5.65 Å². The molecular weight excluding hydrogens is 390 g/mol. The minimum Gasteiger partial charge on any atom is -0.300 e. The molecule has 0 aliphatic rings. The second kappa shape index (κ2) is 9.37. The van der Waals surface area contributed by atoms with Crippen LogP contribution in [0, 0.1) is 6.92 Å². The molecule has 0 bridgehead atoms. The molecule has 0 amide bonds. The summed E-state index contributed by atoms with van der Waals surface area (Å²) in [6.07, 6.45) is 3.55. The lowest BCUT2D eigenvalue weighted by atomic mass is 10.0. The number of nitrogens with one attached hydrogen (secondary N) is 1. The van der Waals surface area contributed by atoms with E-state index in [-0.39, 0.29) is 11.6 Å². The molecule has 0 radical (unpaired) electrons. The molecule has 0 aliphatic heterocycles. The van der Waals surface area contributed by atoms with Crippen LogP contribution in [-0.2, 0) is 13.0 Å². The summed E-state index contributed by atoms with van der Waals surface area (Å²) in [6, 6.07) is 20.6. The minimum atomic E-state index is -0.0390. The van der Waals surface area contributed by atoms with Crippen LogP contribution in [0.15, 0.2) is 70.8 Å². The second-order valence-electron chi connectivity index (χ2n) is 7.62. The first-order valence-electron chi connectivity index (χ1n) is 10.5. The van der Waals surface area contributed by atoms with Crippen LogP contribution >= 0.6 is 11.3 Å². The number of nitrogens with zero attached hydrogens (tertiary/aromatic N) is 2. The van der Waals surface area contributed by atoms with Crippen LogP contribution in [0.25, 0.3) is 5.65 Å². The second-order valence-corrected chi connectivity index (χ2v) is 8.60. The van der Waals surface area contributed by atoms with E-state index in [1.165, 1.54) is 28.8 Å². The van der Waals surface area contributed by atoms with E-state index in [0.717, 1.165) is 17.8 Å². The molecule has 4 rings (SSSR count). The zero-order valence-corrected chi connectivity index (χ0v) is 18.3. The number of rotatable bonds is 8. The Kier molecular flexibility index (Phi) is 6.41. The van der Waals surface area contributed by atoms with Crippen molar-refractivity contribution in [3.8, 4) is 0 Å². The van der Waals surface area contributed by atoms with E-state index in [0.29, 0.717) is 12.2 Å². The number of aryl methyl sites for hydroxylation is 2. The number of aromatic nitrogens is 2. The van der Waals surface area contributed by atoms with Crippen molar-refractivity contribution in [3.05, 3.63) is 104 Å². The maximum Gasteiger partial charge on any atom is 0.258 e. The average Bonchev–Trinajstić information content (AvgIpc) is 3.28. The monoisotopic (exact) mass is 417 g/mol. The fourth-order valence-corrected chi connectivity index (χ4v) is 4.58. The minimum absolute atomic E-state index is 0.0390. The zero-order chi connectivity index (χ0) is 20.9. The van der Waals surface area contributed by atoms with Crippen molar-refractivity contribution in [2.24, 2.45) is 0 Å². The van der Waals surface area contributed by atoms with E-state index in [1.54, 1.807) is 21.8 Å². The Morgan fingerprint density at radius 3 is 2.67 bits per heavy atom. The lowest BCUT2D eigenvalue weighted by Gasteiger charge is -2.19. The first-order valence-corrected chi connectivity index (χ1v) is 11.4. The fraction of sp³-hybridized carbons (Fsp3) is 0.280. The van der Waals surface area contributed by atoms with Crippen molar-refractivity contribution >= 4 is 17.0 Å². The maximum atomic E-state index is 12.6. The van der Waals surface area contributed by atoms with Crippen molar-refractivity contribution in [1.82, 2.24) is 14.7 Å². The first kappa shape index (κ1) is 20.5. The standard InChI is InChI=1S/C25H27N3OS/c1-3-4-8-19-11-13-20(14-12-19)25(22-9-6-15-30-22)26-17-21-16-24(29)28-18(2)7-5-10-23(28)27-21/h5-7,9-16,25-26H,3-4,8,17H2,1-2H3/t25-/m1/s1. The van der Waals surface area contributed by atoms with Gasteiger partial charge >= 0.3 is 0 Å². The SMILES string of the molecule is CCCCc1ccc([C@@H](NCc2cc(=O)n3c(C)cccc3n2)c2cccs2)cc1. The predicted molar refractivity (Wildman–Crippen MR) is 124 cm³/mol. The number of benzene rings is 1. The van der Waals surface area contributed by atoms with E-state index >= 15 is 0 Å². The molecule has 4 aromatic rings. The fourth-order valence-electron chi connectivity index (χ4n) is 3.76. The maximum absolute atomic E-state index is 12.6. The van der Waals surface area contributed by atoms with Crippen LogP contribution in [0.1, 0.15) is 53.2 Å². The Balaban J connectivity index is 1.58. The molecule has 4 nitrogen and oxygen atoms in total. The third kappa shape index (κ3) is 4.53. The summed E-state index contributed by atoms with van der Waals surface area (Å²) in [4.78, 5) is 18.5. The first-order chi connectivity index (χ1) is 14.7. The normalized spacial score (nSPS) is 12.3. The highest BCUT2D eigenvalue weighted by Crippen LogP contribution is 2.27. The Labute approximate surface area is 181 Å². The topological polar surface area (TPSA) is 46.4 Å². The van der Waals surface area contributed by atoms with Crippen LogP contribution in [0.4, 0.5) is 0 Å². The molecular formula is C25H27N3OS. The lowest BCUT2D eigenvalue weighted by Crippen LogP contribution is -2.24. The van der Waals surface area contributed by atoms with Crippen LogP contribution in [0.5, 0.6) is 0 Å². The van der Waals surface area contributed by atoms with E-state index in [9.17, 15) is 4.79 Å². The third-order valence-electron chi connectivity index (χ3n) is 5.38. The summed E-state index contributed by atoms with van der Waals surface area (Å²) in [5, 5.41) is 5.72. The average molecular weight is 418 g/mol. The summed E-state index contributed by atoms with van der Waals surface area (Å²) >= 11 is 1.74. The van der Waals surface area contributed by atoms with Crippen LogP contribution < -0.4 is 10.9 Å². The Bertz CT molecular complexity index is 1160. The van der Waals surface area contributed by atoms with Gasteiger partial charge in [-0.15, -0.1) is 11.3 Å². The molecule has 0 spiro atoms. The van der Waals surface area contributed by atoms with Gasteiger partial charge in [0.2, 0.25) is 0 Å². The molecule has 0 unspecified atom stereocenters. The highest BCUT2D eigenvalue weighted by Gasteiger charge is 2.15. The lowest BCUT2D eigenvalue weighted by molar-refractivity contribution is 0.603. The third-order valence-corrected chi connectivity index (χ3v) is 6.32. The molecule has 3 aromatic heterocycles. The van der Waals surface area contributed by atoms with Crippen LogP contribution in [0.2, 0.25) is 0 Å². The molecule has 0 fully saturated rings. The molecule has 1 N–H and O–H groups in total. The van der Waals surface area contributed by atoms with Gasteiger partial charge in [0, 0.05) is 23.2 Å². The van der Waals surface area contributed by atoms with Crippen molar-refractivity contribution in [1.29, 1.82) is 0 Å². The van der Waals surface area contributed by atoms with Crippen LogP contribution in [-0.4, -0.2) is 9.38 Å². The van der Waals surface area contributed by atoms with Gasteiger partial charge < -0.3 is 0 Å². The van der Waals surface area contributed by atoms with Gasteiger partial charge in [0.05, 0.1) is 11.7 Å². The van der Waals surface area contributed by atoms with Crippen LogP contribution in [0.3, 0.4) is 0 Å². The molecule has 1 atom stereocenters. The summed E-state index contributed by atoms with van der Waals surface area (Å²) in [6.45, 7) is 4.67. The molecule has 0 aliphatic carbocycles. The largest absolute Gasteiger partial charge is 0.300 e. The van der Waals surface area contributed by atoms with Gasteiger partial charge in [0.15, 0.2) is 0 Å². The summed E-state index contributed by atoms with van der Waals surface area (Å²) in [7, 11) is 0. The Morgan fingerprint density at radius 1 is 1.10 bits per heavy atom. The zero-order valence-electron chi connectivity index (χ0n) is 17.5. The van der Waals surface area contributed by atoms with Crippen molar-refractivity contribution in [2.75, 3.05) is 0 Å². The summed E-state index contributed by atoms with van der Waals surface area (Å²) < 4.78 is 1.65. The molecule has 30 heavy (non-hydrogen) atoms. The van der Waals surface area contributed by atoms with Crippen molar-refractivity contribution in [3.63, 3.8) is 0 Å². The quantitative estimate of drug-likeness (QED) is 0.424. The number of unbranched alkanes of at least 4 members (excludes halogenated alkanes) is 1. The van der Waals surface area contributed by atoms with Crippen molar-refractivity contribution in [2.45, 2.75) is 45.7 Å². The highest BCUT2D eigenvalue weighted by molar-refractivity contribution is 7.10. The van der Waals surface area contributed by atoms with E-state index < -0.39 is 0 Å². The highest BCUT2D eigenvalue weighted by atomic mass is 32.1. The van der Waals surface area contributed by atoms with Crippen molar-refractivity contribution < 1.29 is 0 Å². The smallest absolute Gasteiger partial charge is 0.258 e. The predicted octanol–water partition coefficient (Wildman–Crippen LogP) is 5.29. The number of hydrogen-bond donors (Lipinski definition) is 1. The molecule has 0 saturated carbocycles. The van der Waals surface area contributed by atoms with Gasteiger partial charge in [-0.05, 0) is 54.5 Å². The molecule has 5 heteroatoms. The van der Waals surface area contributed by atoms with Gasteiger partial charge in [-0.3, -0.25) is 14.5 Å². The van der Waals surface area contributed by atoms with Gasteiger partial charge in [-0.2, -0.15) is 0 Å². The van der Waals surface area contributed by atoms with E-state index in [4.69, 9.17) is 4.98 Å². The molecule has 3 heterocycles. The summed E-state index contributed by atoms with van der Waals surface area (Å²) in [5.74, 6) is 0.